The average Bonchev–Trinajstić information content (AvgIpc) is 2.60. The Morgan fingerprint density at radius 3 is 2.04 bits per heavy atom. The van der Waals surface area contributed by atoms with Crippen molar-refractivity contribution in [3.63, 3.8) is 0 Å². The molecule has 0 radical (unpaired) electrons. The number of hydrogen-bond donors (Lipinski definition) is 1. The molecule has 0 aliphatic rings. The number of hydrogen-bond acceptors (Lipinski definition) is 6. The van der Waals surface area contributed by atoms with Gasteiger partial charge in [0, 0.05) is 18.2 Å². The molecule has 142 valence electrons. The van der Waals surface area contributed by atoms with Gasteiger partial charge in [-0.25, -0.2) is 0 Å². The number of anilines is 1. The van der Waals surface area contributed by atoms with Crippen LogP contribution in [0.1, 0.15) is 27.2 Å². The van der Waals surface area contributed by atoms with Crippen molar-refractivity contribution >= 4 is 11.5 Å². The molecule has 0 saturated heterocycles. The molecule has 6 heteroatoms. The van der Waals surface area contributed by atoms with Gasteiger partial charge in [-0.15, -0.1) is 0 Å². The molecule has 0 aliphatic heterocycles. The number of benzene rings is 1. The van der Waals surface area contributed by atoms with E-state index in [0.717, 1.165) is 11.4 Å². The van der Waals surface area contributed by atoms with Gasteiger partial charge in [0.05, 0.1) is 33.0 Å². The second-order valence-corrected chi connectivity index (χ2v) is 5.84. The molecular formula is C19H31NO5. The van der Waals surface area contributed by atoms with Crippen LogP contribution >= 0.6 is 0 Å². The Bertz CT molecular complexity index is 461. The maximum absolute atomic E-state index is 11.0. The summed E-state index contributed by atoms with van der Waals surface area (Å²) in [6, 6.07) is 8.29. The first-order valence-electron chi connectivity index (χ1n) is 8.86. The van der Waals surface area contributed by atoms with Crippen molar-refractivity contribution < 1.29 is 23.7 Å². The van der Waals surface area contributed by atoms with E-state index in [1.54, 1.807) is 0 Å². The molecule has 6 nitrogen and oxygen atoms in total. The third-order valence-corrected chi connectivity index (χ3v) is 3.21. The fourth-order valence-corrected chi connectivity index (χ4v) is 1.93. The summed E-state index contributed by atoms with van der Waals surface area (Å²) in [5.74, 6) is 0.932. The van der Waals surface area contributed by atoms with E-state index in [0.29, 0.717) is 52.1 Å². The van der Waals surface area contributed by atoms with Crippen molar-refractivity contribution in [1.29, 1.82) is 0 Å². The van der Waals surface area contributed by atoms with Gasteiger partial charge in [0.2, 0.25) is 0 Å². The highest BCUT2D eigenvalue weighted by molar-refractivity contribution is 5.79. The summed E-state index contributed by atoms with van der Waals surface area (Å²) < 4.78 is 21.6. The highest BCUT2D eigenvalue weighted by atomic mass is 16.6. The number of carbonyl (C=O) groups excluding carboxylic acids is 1. The largest absolute Gasteiger partial charge is 0.491 e. The van der Waals surface area contributed by atoms with Crippen molar-refractivity contribution in [3.05, 3.63) is 24.3 Å². The average molecular weight is 353 g/mol. The van der Waals surface area contributed by atoms with Gasteiger partial charge in [-0.05, 0) is 38.1 Å². The zero-order chi connectivity index (χ0) is 18.3. The normalized spacial score (nSPS) is 10.9. The third kappa shape index (κ3) is 11.5. The topological polar surface area (TPSA) is 66.0 Å². The molecule has 0 fully saturated rings. The Kier molecular flexibility index (Phi) is 11.7. The van der Waals surface area contributed by atoms with Crippen molar-refractivity contribution in [2.75, 3.05) is 51.6 Å². The molecule has 0 bridgehead atoms. The Morgan fingerprint density at radius 1 is 0.920 bits per heavy atom. The van der Waals surface area contributed by atoms with E-state index >= 15 is 0 Å². The third-order valence-electron chi connectivity index (χ3n) is 3.21. The van der Waals surface area contributed by atoms with Crippen LogP contribution in [0.25, 0.3) is 0 Å². The summed E-state index contributed by atoms with van der Waals surface area (Å²) in [4.78, 5) is 11.0. The van der Waals surface area contributed by atoms with Gasteiger partial charge in [-0.3, -0.25) is 4.79 Å². The molecule has 1 aromatic rings. The number of ketones is 1. The van der Waals surface area contributed by atoms with Crippen LogP contribution in [0.5, 0.6) is 5.75 Å². The van der Waals surface area contributed by atoms with Crippen LogP contribution in [0.4, 0.5) is 5.69 Å². The van der Waals surface area contributed by atoms with Gasteiger partial charge in [0.25, 0.3) is 0 Å². The summed E-state index contributed by atoms with van der Waals surface area (Å²) in [6.45, 7) is 9.11. The minimum absolute atomic E-state index is 0.106. The maximum atomic E-state index is 11.0. The molecule has 1 aromatic carbocycles. The predicted octanol–water partition coefficient (Wildman–Crippen LogP) is 2.91. The van der Waals surface area contributed by atoms with Gasteiger partial charge in [-0.1, -0.05) is 6.92 Å². The van der Waals surface area contributed by atoms with Crippen LogP contribution in [0, 0.1) is 0 Å². The molecule has 0 unspecified atom stereocenters. The lowest BCUT2D eigenvalue weighted by molar-refractivity contribution is -0.123. The first-order valence-corrected chi connectivity index (χ1v) is 8.86. The number of ether oxygens (including phenoxy) is 4. The van der Waals surface area contributed by atoms with E-state index < -0.39 is 0 Å². The lowest BCUT2D eigenvalue weighted by atomic mass is 10.3. The van der Waals surface area contributed by atoms with Crippen LogP contribution in [0.3, 0.4) is 0 Å². The number of nitrogens with one attached hydrogen (secondary N) is 1. The monoisotopic (exact) mass is 353 g/mol. The zero-order valence-electron chi connectivity index (χ0n) is 15.6. The second-order valence-electron chi connectivity index (χ2n) is 5.84. The molecule has 1 rings (SSSR count). The smallest absolute Gasteiger partial charge is 0.158 e. The Labute approximate surface area is 150 Å². The molecule has 0 atom stereocenters. The van der Waals surface area contributed by atoms with E-state index in [4.69, 9.17) is 18.9 Å². The highest BCUT2D eigenvalue weighted by Crippen LogP contribution is 2.16. The van der Waals surface area contributed by atoms with Gasteiger partial charge in [0.15, 0.2) is 5.78 Å². The molecule has 0 spiro atoms. The molecule has 25 heavy (non-hydrogen) atoms. The van der Waals surface area contributed by atoms with Crippen LogP contribution in [-0.2, 0) is 19.0 Å². The van der Waals surface area contributed by atoms with E-state index in [9.17, 15) is 4.79 Å². The van der Waals surface area contributed by atoms with Crippen molar-refractivity contribution in [2.24, 2.45) is 0 Å². The first-order chi connectivity index (χ1) is 12.1. The standard InChI is InChI=1S/C19H31NO5/c1-4-18(21)15-24-12-11-22-9-10-23-13-14-25-19-7-5-17(6-8-19)20-16(2)3/h5-8,16,20H,4,9-15H2,1-3H3. The van der Waals surface area contributed by atoms with Crippen molar-refractivity contribution in [2.45, 2.75) is 33.2 Å². The fraction of sp³-hybridized carbons (Fsp3) is 0.632. The van der Waals surface area contributed by atoms with Gasteiger partial charge >= 0.3 is 0 Å². The maximum Gasteiger partial charge on any atom is 0.158 e. The molecule has 0 aliphatic carbocycles. The first kappa shape index (κ1) is 21.4. The molecule has 0 saturated carbocycles. The summed E-state index contributed by atoms with van der Waals surface area (Å²) >= 11 is 0. The van der Waals surface area contributed by atoms with Crippen molar-refractivity contribution in [1.82, 2.24) is 0 Å². The Morgan fingerprint density at radius 2 is 1.48 bits per heavy atom. The molecule has 0 heterocycles. The van der Waals surface area contributed by atoms with Gasteiger partial charge in [0.1, 0.15) is 19.0 Å². The Balaban J connectivity index is 1.92. The van der Waals surface area contributed by atoms with E-state index in [1.807, 2.05) is 31.2 Å². The zero-order valence-corrected chi connectivity index (χ0v) is 15.6. The number of rotatable bonds is 15. The van der Waals surface area contributed by atoms with E-state index in [-0.39, 0.29) is 12.4 Å². The SMILES string of the molecule is CCC(=O)COCCOCCOCCOc1ccc(NC(C)C)cc1. The highest BCUT2D eigenvalue weighted by Gasteiger charge is 1.99. The quantitative estimate of drug-likeness (QED) is 0.489. The van der Waals surface area contributed by atoms with Crippen LogP contribution in [-0.4, -0.2) is 58.1 Å². The molecule has 1 N–H and O–H groups in total. The second kappa shape index (κ2) is 13.6. The number of Topliss-reactive ketones (excluding diaryl/α,β-unsaturated/α-hetero) is 1. The molecule has 0 amide bonds. The summed E-state index contributed by atoms with van der Waals surface area (Å²) in [5, 5.41) is 3.33. The number of carbonyl (C=O) groups is 1. The fourth-order valence-electron chi connectivity index (χ4n) is 1.93. The van der Waals surface area contributed by atoms with Gasteiger partial charge < -0.3 is 24.3 Å². The van der Waals surface area contributed by atoms with Gasteiger partial charge in [-0.2, -0.15) is 0 Å². The summed E-state index contributed by atoms with van der Waals surface area (Å²) in [7, 11) is 0. The Hall–Kier alpha value is -1.63. The van der Waals surface area contributed by atoms with E-state index in [1.165, 1.54) is 0 Å². The summed E-state index contributed by atoms with van der Waals surface area (Å²) in [6.07, 6.45) is 0.510. The van der Waals surface area contributed by atoms with Crippen LogP contribution in [0.15, 0.2) is 24.3 Å². The van der Waals surface area contributed by atoms with Crippen LogP contribution in [0.2, 0.25) is 0 Å². The predicted molar refractivity (Wildman–Crippen MR) is 98.5 cm³/mol. The minimum atomic E-state index is 0.106. The molecular weight excluding hydrogens is 322 g/mol. The lowest BCUT2D eigenvalue weighted by Crippen LogP contribution is -2.14. The molecule has 0 aromatic heterocycles. The van der Waals surface area contributed by atoms with Crippen molar-refractivity contribution in [3.8, 4) is 5.75 Å². The minimum Gasteiger partial charge on any atom is -0.491 e. The van der Waals surface area contributed by atoms with Crippen LogP contribution < -0.4 is 10.1 Å². The summed E-state index contributed by atoms with van der Waals surface area (Å²) in [5.41, 5.74) is 1.08. The lowest BCUT2D eigenvalue weighted by Gasteiger charge is -2.11. The van der Waals surface area contributed by atoms with E-state index in [2.05, 4.69) is 19.2 Å².